The first-order valence-electron chi connectivity index (χ1n) is 9.72. The monoisotopic (exact) mass is 388 g/mol. The molecule has 3 aliphatic rings. The number of benzene rings is 1. The van der Waals surface area contributed by atoms with E-state index in [-0.39, 0.29) is 25.2 Å². The highest BCUT2D eigenvalue weighted by atomic mass is 16.7. The summed E-state index contributed by atoms with van der Waals surface area (Å²) < 4.78 is 15.8. The minimum Gasteiger partial charge on any atom is -0.454 e. The molecule has 0 spiro atoms. The number of hydrogen-bond donors (Lipinski definition) is 1. The fraction of sp³-hybridized carbons (Fsp3) is 0.550. The molecule has 0 aromatic heterocycles. The smallest absolute Gasteiger partial charge is 0.312 e. The Hall–Kier alpha value is -2.77. The lowest BCUT2D eigenvalue weighted by Crippen LogP contribution is -2.36. The minimum atomic E-state index is -0.964. The third-order valence-corrected chi connectivity index (χ3v) is 5.56. The molecule has 1 aromatic carbocycles. The molecule has 1 aromatic rings. The number of hydrogen-bond acceptors (Lipinski definition) is 6. The third kappa shape index (κ3) is 3.76. The highest BCUT2D eigenvalue weighted by molar-refractivity contribution is 5.96. The molecule has 0 unspecified atom stereocenters. The van der Waals surface area contributed by atoms with Crippen LogP contribution in [-0.2, 0) is 19.1 Å². The molecule has 0 bridgehead atoms. The van der Waals surface area contributed by atoms with Crippen LogP contribution in [0.15, 0.2) is 18.2 Å². The zero-order valence-electron chi connectivity index (χ0n) is 15.8. The van der Waals surface area contributed by atoms with Crippen molar-refractivity contribution < 1.29 is 28.6 Å². The second kappa shape index (κ2) is 7.69. The zero-order valence-corrected chi connectivity index (χ0v) is 15.8. The van der Waals surface area contributed by atoms with Crippen molar-refractivity contribution in [3.63, 3.8) is 0 Å². The lowest BCUT2D eigenvalue weighted by molar-refractivity contribution is -0.157. The van der Waals surface area contributed by atoms with Gasteiger partial charge in [0.2, 0.25) is 12.7 Å². The van der Waals surface area contributed by atoms with Crippen LogP contribution in [0.4, 0.5) is 5.69 Å². The number of amides is 2. The molecule has 150 valence electrons. The van der Waals surface area contributed by atoms with Gasteiger partial charge in [-0.3, -0.25) is 14.4 Å². The van der Waals surface area contributed by atoms with Gasteiger partial charge in [0.05, 0.1) is 5.92 Å². The van der Waals surface area contributed by atoms with Crippen molar-refractivity contribution in [2.75, 3.05) is 18.7 Å². The molecular weight excluding hydrogens is 364 g/mol. The Morgan fingerprint density at radius 3 is 2.75 bits per heavy atom. The van der Waals surface area contributed by atoms with E-state index in [4.69, 9.17) is 14.2 Å². The van der Waals surface area contributed by atoms with Crippen molar-refractivity contribution in [2.24, 2.45) is 5.92 Å². The number of likely N-dealkylation sites (tertiary alicyclic amines) is 1. The quantitative estimate of drug-likeness (QED) is 0.776. The van der Waals surface area contributed by atoms with E-state index >= 15 is 0 Å². The van der Waals surface area contributed by atoms with Crippen LogP contribution >= 0.6 is 0 Å². The van der Waals surface area contributed by atoms with Crippen LogP contribution in [0, 0.1) is 5.92 Å². The Morgan fingerprint density at radius 1 is 1.21 bits per heavy atom. The van der Waals surface area contributed by atoms with E-state index in [9.17, 15) is 14.4 Å². The van der Waals surface area contributed by atoms with Crippen molar-refractivity contribution in [2.45, 2.75) is 51.2 Å². The summed E-state index contributed by atoms with van der Waals surface area (Å²) in [5.41, 5.74) is 0.528. The number of fused-ring (bicyclic) bond motifs is 1. The standard InChI is InChI=1S/C20H24N2O6/c1-12(19(24)21-14-6-7-16-17(9-14)27-11-26-16)28-20(25)13-8-18(23)22(10-13)15-4-2-3-5-15/h6-7,9,12-13,15H,2-5,8,10-11H2,1H3,(H,21,24)/t12-,13+/m1/s1. The number of rotatable bonds is 5. The molecule has 2 atom stereocenters. The van der Waals surface area contributed by atoms with E-state index in [1.807, 2.05) is 4.90 Å². The van der Waals surface area contributed by atoms with E-state index in [1.54, 1.807) is 18.2 Å². The molecule has 1 saturated heterocycles. The maximum Gasteiger partial charge on any atom is 0.312 e. The number of nitrogens with zero attached hydrogens (tertiary/aromatic N) is 1. The molecule has 8 heteroatoms. The Morgan fingerprint density at radius 2 is 1.96 bits per heavy atom. The summed E-state index contributed by atoms with van der Waals surface area (Å²) in [7, 11) is 0. The topological polar surface area (TPSA) is 94.2 Å². The number of anilines is 1. The Kier molecular flexibility index (Phi) is 5.11. The van der Waals surface area contributed by atoms with E-state index in [0.717, 1.165) is 25.7 Å². The summed E-state index contributed by atoms with van der Waals surface area (Å²) in [4.78, 5) is 38.9. The van der Waals surface area contributed by atoms with Gasteiger partial charge in [-0.05, 0) is 31.9 Å². The van der Waals surface area contributed by atoms with Gasteiger partial charge in [-0.2, -0.15) is 0 Å². The second-order valence-electron chi connectivity index (χ2n) is 7.52. The predicted molar refractivity (Wildman–Crippen MR) is 98.8 cm³/mol. The summed E-state index contributed by atoms with van der Waals surface area (Å²) in [6.45, 7) is 2.06. The maximum atomic E-state index is 12.5. The van der Waals surface area contributed by atoms with Crippen molar-refractivity contribution in [3.05, 3.63) is 18.2 Å². The number of carbonyl (C=O) groups is 3. The largest absolute Gasteiger partial charge is 0.454 e. The molecule has 2 amide bonds. The van der Waals surface area contributed by atoms with Gasteiger partial charge in [0, 0.05) is 30.8 Å². The van der Waals surface area contributed by atoms with E-state index in [2.05, 4.69) is 5.32 Å². The van der Waals surface area contributed by atoms with Crippen LogP contribution in [-0.4, -0.2) is 48.2 Å². The normalized spacial score (nSPS) is 22.4. The zero-order chi connectivity index (χ0) is 19.7. The molecule has 0 radical (unpaired) electrons. The Balaban J connectivity index is 1.30. The first-order chi connectivity index (χ1) is 13.5. The van der Waals surface area contributed by atoms with Gasteiger partial charge in [0.1, 0.15) is 0 Å². The van der Waals surface area contributed by atoms with Gasteiger partial charge < -0.3 is 24.4 Å². The first-order valence-corrected chi connectivity index (χ1v) is 9.72. The fourth-order valence-corrected chi connectivity index (χ4v) is 4.00. The molecule has 4 rings (SSSR count). The van der Waals surface area contributed by atoms with Crippen molar-refractivity contribution in [3.8, 4) is 11.5 Å². The summed E-state index contributed by atoms with van der Waals surface area (Å²) in [5, 5.41) is 2.70. The van der Waals surface area contributed by atoms with Crippen LogP contribution in [0.25, 0.3) is 0 Å². The molecule has 28 heavy (non-hydrogen) atoms. The molecule has 1 N–H and O–H groups in total. The highest BCUT2D eigenvalue weighted by Gasteiger charge is 2.40. The number of esters is 1. The summed E-state index contributed by atoms with van der Waals surface area (Å²) in [5.74, 6) is -0.263. The summed E-state index contributed by atoms with van der Waals surface area (Å²) >= 11 is 0. The average molecular weight is 388 g/mol. The molecule has 2 fully saturated rings. The molecule has 2 heterocycles. The Bertz CT molecular complexity index is 789. The van der Waals surface area contributed by atoms with Crippen LogP contribution in [0.2, 0.25) is 0 Å². The van der Waals surface area contributed by atoms with Crippen LogP contribution in [0.5, 0.6) is 11.5 Å². The van der Waals surface area contributed by atoms with Gasteiger partial charge in [-0.1, -0.05) is 12.8 Å². The highest BCUT2D eigenvalue weighted by Crippen LogP contribution is 2.34. The van der Waals surface area contributed by atoms with Gasteiger partial charge >= 0.3 is 5.97 Å². The number of carbonyl (C=O) groups excluding carboxylic acids is 3. The molecule has 2 aliphatic heterocycles. The van der Waals surface area contributed by atoms with Crippen LogP contribution in [0.1, 0.15) is 39.0 Å². The lowest BCUT2D eigenvalue weighted by atomic mass is 10.1. The van der Waals surface area contributed by atoms with Crippen LogP contribution < -0.4 is 14.8 Å². The lowest BCUT2D eigenvalue weighted by Gasteiger charge is -2.24. The van der Waals surface area contributed by atoms with Crippen LogP contribution in [0.3, 0.4) is 0 Å². The van der Waals surface area contributed by atoms with E-state index in [1.165, 1.54) is 6.92 Å². The second-order valence-corrected chi connectivity index (χ2v) is 7.52. The SMILES string of the molecule is C[C@@H](OC(=O)[C@H]1CC(=O)N(C2CCCC2)C1)C(=O)Nc1ccc2c(c1)OCO2. The fourth-order valence-electron chi connectivity index (χ4n) is 4.00. The van der Waals surface area contributed by atoms with E-state index < -0.39 is 23.9 Å². The van der Waals surface area contributed by atoms with Crippen molar-refractivity contribution >= 4 is 23.5 Å². The average Bonchev–Trinajstić information content (AvgIpc) is 3.41. The van der Waals surface area contributed by atoms with Crippen molar-refractivity contribution in [1.29, 1.82) is 0 Å². The number of nitrogens with one attached hydrogen (secondary N) is 1. The molecular formula is C20H24N2O6. The van der Waals surface area contributed by atoms with Crippen molar-refractivity contribution in [1.82, 2.24) is 4.90 Å². The first kappa shape index (κ1) is 18.6. The van der Waals surface area contributed by atoms with Gasteiger partial charge in [0.25, 0.3) is 5.91 Å². The molecule has 1 aliphatic carbocycles. The minimum absolute atomic E-state index is 0.00585. The predicted octanol–water partition coefficient (Wildman–Crippen LogP) is 2.08. The van der Waals surface area contributed by atoms with Gasteiger partial charge in [-0.25, -0.2) is 0 Å². The summed E-state index contributed by atoms with van der Waals surface area (Å²) in [6, 6.07) is 5.30. The third-order valence-electron chi connectivity index (χ3n) is 5.56. The Labute approximate surface area is 163 Å². The van der Waals surface area contributed by atoms with E-state index in [0.29, 0.717) is 23.7 Å². The van der Waals surface area contributed by atoms with Gasteiger partial charge in [0.15, 0.2) is 17.6 Å². The number of ether oxygens (including phenoxy) is 3. The summed E-state index contributed by atoms with van der Waals surface area (Å²) in [6.07, 6.45) is 3.45. The molecule has 8 nitrogen and oxygen atoms in total. The van der Waals surface area contributed by atoms with Gasteiger partial charge in [-0.15, -0.1) is 0 Å². The maximum absolute atomic E-state index is 12.5. The molecule has 1 saturated carbocycles.